The van der Waals surface area contributed by atoms with Crippen LogP contribution in [0.5, 0.6) is 5.75 Å². The normalized spacial score (nSPS) is 9.69. The zero-order valence-electron chi connectivity index (χ0n) is 9.66. The fourth-order valence-electron chi connectivity index (χ4n) is 1.25. The van der Waals surface area contributed by atoms with Crippen LogP contribution in [0, 0.1) is 6.92 Å². The number of amides is 1. The first kappa shape index (κ1) is 12.2. The number of hydrogen-bond acceptors (Lipinski definition) is 3. The molecule has 16 heavy (non-hydrogen) atoms. The summed E-state index contributed by atoms with van der Waals surface area (Å²) in [4.78, 5) is 22.1. The van der Waals surface area contributed by atoms with Gasteiger partial charge in [0.1, 0.15) is 5.75 Å². The Balaban J connectivity index is 2.75. The van der Waals surface area contributed by atoms with Crippen molar-refractivity contribution in [1.29, 1.82) is 0 Å². The van der Waals surface area contributed by atoms with E-state index in [2.05, 4.69) is 5.32 Å². The SMILES string of the molecule is CNC(=O)COc1ccc(C(C)=O)cc1C. The summed E-state index contributed by atoms with van der Waals surface area (Å²) in [5, 5.41) is 2.47. The van der Waals surface area contributed by atoms with Gasteiger partial charge in [0, 0.05) is 12.6 Å². The van der Waals surface area contributed by atoms with E-state index in [4.69, 9.17) is 4.74 Å². The van der Waals surface area contributed by atoms with Gasteiger partial charge in [0.2, 0.25) is 0 Å². The van der Waals surface area contributed by atoms with E-state index in [1.165, 1.54) is 6.92 Å². The second kappa shape index (κ2) is 5.30. The highest BCUT2D eigenvalue weighted by Gasteiger charge is 2.05. The first-order chi connectivity index (χ1) is 7.54. The lowest BCUT2D eigenvalue weighted by Gasteiger charge is -2.08. The minimum atomic E-state index is -0.185. The zero-order valence-corrected chi connectivity index (χ0v) is 9.66. The van der Waals surface area contributed by atoms with Gasteiger partial charge in [0.05, 0.1) is 0 Å². The fourth-order valence-corrected chi connectivity index (χ4v) is 1.25. The summed E-state index contributed by atoms with van der Waals surface area (Å²) in [6.45, 7) is 3.34. The Morgan fingerprint density at radius 2 is 2.06 bits per heavy atom. The zero-order chi connectivity index (χ0) is 12.1. The summed E-state index contributed by atoms with van der Waals surface area (Å²) < 4.78 is 5.30. The first-order valence-corrected chi connectivity index (χ1v) is 4.99. The third kappa shape index (κ3) is 3.08. The maximum Gasteiger partial charge on any atom is 0.257 e. The van der Waals surface area contributed by atoms with Gasteiger partial charge in [-0.25, -0.2) is 0 Å². The molecule has 4 heteroatoms. The van der Waals surface area contributed by atoms with Crippen LogP contribution in [0.15, 0.2) is 18.2 Å². The quantitative estimate of drug-likeness (QED) is 0.780. The van der Waals surface area contributed by atoms with Crippen LogP contribution < -0.4 is 10.1 Å². The van der Waals surface area contributed by atoms with Gasteiger partial charge in [-0.3, -0.25) is 9.59 Å². The molecule has 0 bridgehead atoms. The molecule has 0 aliphatic heterocycles. The minimum absolute atomic E-state index is 0.0148. The number of hydrogen-bond donors (Lipinski definition) is 1. The third-order valence-electron chi connectivity index (χ3n) is 2.22. The number of likely N-dealkylation sites (N-methyl/N-ethyl adjacent to an activating group) is 1. The van der Waals surface area contributed by atoms with Crippen molar-refractivity contribution < 1.29 is 14.3 Å². The molecule has 0 heterocycles. The molecule has 1 amide bonds. The highest BCUT2D eigenvalue weighted by molar-refractivity contribution is 5.94. The molecule has 86 valence electrons. The smallest absolute Gasteiger partial charge is 0.257 e. The Morgan fingerprint density at radius 1 is 1.38 bits per heavy atom. The van der Waals surface area contributed by atoms with Gasteiger partial charge >= 0.3 is 0 Å². The van der Waals surface area contributed by atoms with Gasteiger partial charge in [-0.2, -0.15) is 0 Å². The van der Waals surface area contributed by atoms with Crippen molar-refractivity contribution in [2.24, 2.45) is 0 Å². The van der Waals surface area contributed by atoms with Gasteiger partial charge in [-0.1, -0.05) is 0 Å². The Kier molecular flexibility index (Phi) is 4.05. The van der Waals surface area contributed by atoms with Crippen LogP contribution in [0.4, 0.5) is 0 Å². The van der Waals surface area contributed by atoms with Crippen molar-refractivity contribution in [1.82, 2.24) is 5.32 Å². The first-order valence-electron chi connectivity index (χ1n) is 4.99. The molecule has 4 nitrogen and oxygen atoms in total. The van der Waals surface area contributed by atoms with Crippen LogP contribution in [-0.2, 0) is 4.79 Å². The van der Waals surface area contributed by atoms with Crippen LogP contribution in [0.2, 0.25) is 0 Å². The molecule has 0 fully saturated rings. The van der Waals surface area contributed by atoms with E-state index in [-0.39, 0.29) is 18.3 Å². The molecule has 0 aliphatic carbocycles. The van der Waals surface area contributed by atoms with Crippen molar-refractivity contribution >= 4 is 11.7 Å². The molecule has 0 atom stereocenters. The second-order valence-electron chi connectivity index (χ2n) is 3.50. The van der Waals surface area contributed by atoms with Gasteiger partial charge in [0.25, 0.3) is 5.91 Å². The van der Waals surface area contributed by atoms with Crippen molar-refractivity contribution in [3.05, 3.63) is 29.3 Å². The lowest BCUT2D eigenvalue weighted by Crippen LogP contribution is -2.25. The summed E-state index contributed by atoms with van der Waals surface area (Å²) in [6, 6.07) is 5.14. The second-order valence-corrected chi connectivity index (χ2v) is 3.50. The molecule has 0 saturated carbocycles. The molecule has 1 N–H and O–H groups in total. The summed E-state index contributed by atoms with van der Waals surface area (Å²) in [5.41, 5.74) is 1.49. The Labute approximate surface area is 94.6 Å². The number of carbonyl (C=O) groups is 2. The summed E-state index contributed by atoms with van der Waals surface area (Å²) in [7, 11) is 1.55. The average Bonchev–Trinajstić information content (AvgIpc) is 2.26. The minimum Gasteiger partial charge on any atom is -0.484 e. The molecule has 1 aromatic rings. The molecule has 1 rings (SSSR count). The van der Waals surface area contributed by atoms with Crippen LogP contribution >= 0.6 is 0 Å². The van der Waals surface area contributed by atoms with Crippen molar-refractivity contribution in [2.45, 2.75) is 13.8 Å². The van der Waals surface area contributed by atoms with Gasteiger partial charge < -0.3 is 10.1 Å². The van der Waals surface area contributed by atoms with Gasteiger partial charge in [0.15, 0.2) is 12.4 Å². The van der Waals surface area contributed by atoms with Crippen LogP contribution in [0.25, 0.3) is 0 Å². The predicted molar refractivity (Wildman–Crippen MR) is 60.7 cm³/mol. The number of rotatable bonds is 4. The number of aryl methyl sites for hydroxylation is 1. The lowest BCUT2D eigenvalue weighted by atomic mass is 10.1. The van der Waals surface area contributed by atoms with Crippen LogP contribution in [-0.4, -0.2) is 25.3 Å². The molecular weight excluding hydrogens is 206 g/mol. The lowest BCUT2D eigenvalue weighted by molar-refractivity contribution is -0.122. The molecule has 0 unspecified atom stereocenters. The molecule has 0 saturated heterocycles. The molecular formula is C12H15NO3. The number of carbonyl (C=O) groups excluding carboxylic acids is 2. The highest BCUT2D eigenvalue weighted by Crippen LogP contribution is 2.19. The number of nitrogens with one attached hydrogen (secondary N) is 1. The Morgan fingerprint density at radius 3 is 2.56 bits per heavy atom. The molecule has 1 aromatic carbocycles. The highest BCUT2D eigenvalue weighted by atomic mass is 16.5. The van der Waals surface area contributed by atoms with E-state index in [1.54, 1.807) is 25.2 Å². The monoisotopic (exact) mass is 221 g/mol. The average molecular weight is 221 g/mol. The van der Waals surface area contributed by atoms with Gasteiger partial charge in [-0.15, -0.1) is 0 Å². The fraction of sp³-hybridized carbons (Fsp3) is 0.333. The molecule has 0 radical (unpaired) electrons. The van der Waals surface area contributed by atoms with E-state index in [0.717, 1.165) is 5.56 Å². The van der Waals surface area contributed by atoms with E-state index < -0.39 is 0 Å². The third-order valence-corrected chi connectivity index (χ3v) is 2.22. The van der Waals surface area contributed by atoms with E-state index >= 15 is 0 Å². The molecule has 0 aromatic heterocycles. The molecule has 0 spiro atoms. The van der Waals surface area contributed by atoms with Crippen molar-refractivity contribution in [3.63, 3.8) is 0 Å². The van der Waals surface area contributed by atoms with Crippen molar-refractivity contribution in [3.8, 4) is 5.75 Å². The predicted octanol–water partition coefficient (Wildman–Crippen LogP) is 1.32. The number of benzene rings is 1. The summed E-state index contributed by atoms with van der Waals surface area (Å²) >= 11 is 0. The molecule has 0 aliphatic rings. The summed E-state index contributed by atoms with van der Waals surface area (Å²) in [5.74, 6) is 0.449. The van der Waals surface area contributed by atoms with Crippen LogP contribution in [0.3, 0.4) is 0 Å². The number of ether oxygens (including phenoxy) is 1. The largest absolute Gasteiger partial charge is 0.484 e. The maximum absolute atomic E-state index is 11.1. The number of Topliss-reactive ketones (excluding diaryl/α,β-unsaturated/α-hetero) is 1. The Hall–Kier alpha value is -1.84. The van der Waals surface area contributed by atoms with E-state index in [1.807, 2.05) is 6.92 Å². The maximum atomic E-state index is 11.1. The van der Waals surface area contributed by atoms with E-state index in [9.17, 15) is 9.59 Å². The summed E-state index contributed by atoms with van der Waals surface area (Å²) in [6.07, 6.45) is 0. The topological polar surface area (TPSA) is 55.4 Å². The number of ketones is 1. The van der Waals surface area contributed by atoms with Gasteiger partial charge in [-0.05, 0) is 37.6 Å². The van der Waals surface area contributed by atoms with Crippen LogP contribution in [0.1, 0.15) is 22.8 Å². The van der Waals surface area contributed by atoms with Crippen molar-refractivity contribution in [2.75, 3.05) is 13.7 Å². The van der Waals surface area contributed by atoms with E-state index in [0.29, 0.717) is 11.3 Å². The Bertz CT molecular complexity index is 413. The standard InChI is InChI=1S/C12H15NO3/c1-8-6-10(9(2)14)4-5-11(8)16-7-12(15)13-3/h4-6H,7H2,1-3H3,(H,13,15).